The molecule has 1 unspecified atom stereocenters. The molecule has 140 valence electrons. The number of para-hydroxylation sites is 1. The van der Waals surface area contributed by atoms with Crippen molar-refractivity contribution in [3.8, 4) is 5.69 Å². The van der Waals surface area contributed by atoms with Crippen LogP contribution >= 0.6 is 11.3 Å². The zero-order valence-corrected chi connectivity index (χ0v) is 16.3. The number of carbonyl (C=O) groups is 1. The fourth-order valence-corrected chi connectivity index (χ4v) is 4.50. The van der Waals surface area contributed by atoms with Crippen LogP contribution in [0.2, 0.25) is 0 Å². The lowest BCUT2D eigenvalue weighted by Crippen LogP contribution is -2.36. The van der Waals surface area contributed by atoms with Gasteiger partial charge in [0.2, 0.25) is 0 Å². The minimum Gasteiger partial charge on any atom is -0.349 e. The van der Waals surface area contributed by atoms with Crippen LogP contribution in [0.4, 0.5) is 0 Å². The van der Waals surface area contributed by atoms with Gasteiger partial charge in [-0.1, -0.05) is 24.3 Å². The monoisotopic (exact) mass is 380 g/mol. The molecule has 1 fully saturated rings. The van der Waals surface area contributed by atoms with Gasteiger partial charge in [-0.25, -0.2) is 4.68 Å². The molecule has 1 aromatic carbocycles. The van der Waals surface area contributed by atoms with E-state index in [9.17, 15) is 4.79 Å². The third-order valence-corrected chi connectivity index (χ3v) is 6.00. The van der Waals surface area contributed by atoms with Crippen LogP contribution in [0.15, 0.2) is 53.9 Å². The molecule has 1 saturated heterocycles. The van der Waals surface area contributed by atoms with Gasteiger partial charge in [-0.05, 0) is 62.5 Å². The Labute approximate surface area is 163 Å². The number of carbonyl (C=O) groups excluding carboxylic acids is 1. The van der Waals surface area contributed by atoms with E-state index in [-0.39, 0.29) is 11.9 Å². The lowest BCUT2D eigenvalue weighted by Gasteiger charge is -2.26. The highest BCUT2D eigenvalue weighted by atomic mass is 32.1. The van der Waals surface area contributed by atoms with Crippen LogP contribution in [-0.4, -0.2) is 40.2 Å². The first kappa shape index (κ1) is 17.9. The van der Waals surface area contributed by atoms with Gasteiger partial charge >= 0.3 is 0 Å². The molecule has 2 aromatic heterocycles. The van der Waals surface area contributed by atoms with Crippen molar-refractivity contribution in [1.82, 2.24) is 20.0 Å². The van der Waals surface area contributed by atoms with Gasteiger partial charge in [-0.3, -0.25) is 9.69 Å². The summed E-state index contributed by atoms with van der Waals surface area (Å²) in [6.07, 6.45) is 2.47. The third kappa shape index (κ3) is 3.96. The summed E-state index contributed by atoms with van der Waals surface area (Å²) in [5.41, 5.74) is 2.37. The summed E-state index contributed by atoms with van der Waals surface area (Å²) in [7, 11) is 0. The number of amides is 1. The summed E-state index contributed by atoms with van der Waals surface area (Å²) in [6, 6.07) is 16.2. The molecule has 0 aliphatic carbocycles. The number of hydrogen-bond donors (Lipinski definition) is 1. The lowest BCUT2D eigenvalue weighted by molar-refractivity contribution is 0.0933. The Hall–Kier alpha value is -2.44. The molecule has 1 amide bonds. The molecule has 4 rings (SSSR count). The van der Waals surface area contributed by atoms with E-state index in [1.807, 2.05) is 48.0 Å². The Morgan fingerprint density at radius 2 is 1.96 bits per heavy atom. The van der Waals surface area contributed by atoms with Gasteiger partial charge in [0, 0.05) is 17.1 Å². The molecule has 0 bridgehead atoms. The number of aryl methyl sites for hydroxylation is 1. The molecule has 1 atom stereocenters. The predicted molar refractivity (Wildman–Crippen MR) is 109 cm³/mol. The molecule has 5 nitrogen and oxygen atoms in total. The molecular weight excluding hydrogens is 356 g/mol. The SMILES string of the molecule is Cc1cc(C(=O)NCC(c2cccs2)N2CCCC2)nn1-c1ccccc1. The topological polar surface area (TPSA) is 50.2 Å². The molecular formula is C21H24N4OS. The maximum Gasteiger partial charge on any atom is 0.271 e. The van der Waals surface area contributed by atoms with Crippen LogP contribution in [0, 0.1) is 6.92 Å². The Morgan fingerprint density at radius 1 is 1.19 bits per heavy atom. The highest BCUT2D eigenvalue weighted by Gasteiger charge is 2.25. The lowest BCUT2D eigenvalue weighted by atomic mass is 10.2. The first-order valence-corrected chi connectivity index (χ1v) is 10.3. The van der Waals surface area contributed by atoms with Crippen molar-refractivity contribution in [2.75, 3.05) is 19.6 Å². The van der Waals surface area contributed by atoms with Gasteiger partial charge in [0.15, 0.2) is 5.69 Å². The number of aromatic nitrogens is 2. The average molecular weight is 381 g/mol. The molecule has 3 aromatic rings. The normalized spacial score (nSPS) is 15.7. The standard InChI is InChI=1S/C21H24N4OS/c1-16-14-18(23-25(16)17-8-3-2-4-9-17)21(26)22-15-19(20-10-7-13-27-20)24-11-5-6-12-24/h2-4,7-10,13-14,19H,5-6,11-12,15H2,1H3,(H,22,26). The van der Waals surface area contributed by atoms with Gasteiger partial charge in [-0.2, -0.15) is 5.10 Å². The van der Waals surface area contributed by atoms with Crippen molar-refractivity contribution in [3.63, 3.8) is 0 Å². The molecule has 3 heterocycles. The van der Waals surface area contributed by atoms with Gasteiger partial charge in [0.1, 0.15) is 0 Å². The van der Waals surface area contributed by atoms with Crippen LogP contribution < -0.4 is 5.32 Å². The molecule has 0 radical (unpaired) electrons. The number of rotatable bonds is 6. The molecule has 1 aliphatic heterocycles. The first-order valence-electron chi connectivity index (χ1n) is 9.40. The summed E-state index contributed by atoms with van der Waals surface area (Å²) < 4.78 is 1.81. The van der Waals surface area contributed by atoms with E-state index < -0.39 is 0 Å². The number of benzene rings is 1. The molecule has 1 N–H and O–H groups in total. The Kier molecular flexibility index (Phi) is 5.36. The molecule has 0 saturated carbocycles. The number of nitrogens with one attached hydrogen (secondary N) is 1. The second-order valence-corrected chi connectivity index (χ2v) is 7.88. The number of thiophene rings is 1. The Morgan fingerprint density at radius 3 is 2.67 bits per heavy atom. The highest BCUT2D eigenvalue weighted by Crippen LogP contribution is 2.27. The number of hydrogen-bond acceptors (Lipinski definition) is 4. The van der Waals surface area contributed by atoms with Crippen LogP contribution in [0.1, 0.15) is 39.9 Å². The van der Waals surface area contributed by atoms with E-state index >= 15 is 0 Å². The van der Waals surface area contributed by atoms with E-state index in [1.165, 1.54) is 17.7 Å². The third-order valence-electron chi connectivity index (χ3n) is 5.03. The van der Waals surface area contributed by atoms with Gasteiger partial charge < -0.3 is 5.32 Å². The fourth-order valence-electron chi connectivity index (χ4n) is 3.64. The summed E-state index contributed by atoms with van der Waals surface area (Å²) in [5.74, 6) is -0.117. The van der Waals surface area contributed by atoms with Crippen LogP contribution in [0.3, 0.4) is 0 Å². The molecule has 6 heteroatoms. The molecule has 0 spiro atoms. The maximum atomic E-state index is 12.7. The van der Waals surface area contributed by atoms with Crippen molar-refractivity contribution in [2.45, 2.75) is 25.8 Å². The van der Waals surface area contributed by atoms with E-state index in [0.717, 1.165) is 24.5 Å². The highest BCUT2D eigenvalue weighted by molar-refractivity contribution is 7.10. The number of likely N-dealkylation sites (tertiary alicyclic amines) is 1. The summed E-state index contributed by atoms with van der Waals surface area (Å²) in [5, 5.41) is 9.72. The Balaban J connectivity index is 1.47. The van der Waals surface area contributed by atoms with Crippen LogP contribution in [-0.2, 0) is 0 Å². The zero-order chi connectivity index (χ0) is 18.6. The molecule has 1 aliphatic rings. The smallest absolute Gasteiger partial charge is 0.271 e. The van der Waals surface area contributed by atoms with Crippen molar-refractivity contribution >= 4 is 17.2 Å². The van der Waals surface area contributed by atoms with Crippen LogP contribution in [0.25, 0.3) is 5.69 Å². The second-order valence-electron chi connectivity index (χ2n) is 6.90. The minimum absolute atomic E-state index is 0.117. The number of nitrogens with zero attached hydrogens (tertiary/aromatic N) is 3. The van der Waals surface area contributed by atoms with Gasteiger partial charge in [0.25, 0.3) is 5.91 Å². The molecule has 27 heavy (non-hydrogen) atoms. The average Bonchev–Trinajstić information content (AvgIpc) is 3.45. The predicted octanol–water partition coefficient (Wildman–Crippen LogP) is 3.81. The minimum atomic E-state index is -0.117. The van der Waals surface area contributed by atoms with Crippen molar-refractivity contribution in [1.29, 1.82) is 0 Å². The zero-order valence-electron chi connectivity index (χ0n) is 15.5. The van der Waals surface area contributed by atoms with Gasteiger partial charge in [-0.15, -0.1) is 11.3 Å². The van der Waals surface area contributed by atoms with E-state index in [4.69, 9.17) is 0 Å². The van der Waals surface area contributed by atoms with Crippen LogP contribution in [0.5, 0.6) is 0 Å². The van der Waals surface area contributed by atoms with E-state index in [2.05, 4.69) is 32.8 Å². The van der Waals surface area contributed by atoms with E-state index in [0.29, 0.717) is 12.2 Å². The second kappa shape index (κ2) is 8.06. The summed E-state index contributed by atoms with van der Waals surface area (Å²) in [4.78, 5) is 16.5. The van der Waals surface area contributed by atoms with E-state index in [1.54, 1.807) is 11.3 Å². The first-order chi connectivity index (χ1) is 13.2. The fraction of sp³-hybridized carbons (Fsp3) is 0.333. The Bertz CT molecular complexity index is 882. The van der Waals surface area contributed by atoms with Gasteiger partial charge in [0.05, 0.1) is 11.7 Å². The van der Waals surface area contributed by atoms with Crippen molar-refractivity contribution in [2.24, 2.45) is 0 Å². The van der Waals surface area contributed by atoms with Crippen molar-refractivity contribution in [3.05, 3.63) is 70.2 Å². The summed E-state index contributed by atoms with van der Waals surface area (Å²) in [6.45, 7) is 4.77. The maximum absolute atomic E-state index is 12.7. The quantitative estimate of drug-likeness (QED) is 0.707. The van der Waals surface area contributed by atoms with Crippen molar-refractivity contribution < 1.29 is 4.79 Å². The summed E-state index contributed by atoms with van der Waals surface area (Å²) >= 11 is 1.76. The largest absolute Gasteiger partial charge is 0.349 e.